The van der Waals surface area contributed by atoms with E-state index >= 15 is 0 Å². The van der Waals surface area contributed by atoms with Gasteiger partial charge in [0.2, 0.25) is 16.4 Å². The van der Waals surface area contributed by atoms with E-state index in [1.54, 1.807) is 6.07 Å². The maximum atomic E-state index is 12.1. The van der Waals surface area contributed by atoms with Crippen LogP contribution in [-0.4, -0.2) is 25.7 Å². The van der Waals surface area contributed by atoms with E-state index in [-0.39, 0.29) is 0 Å². The highest BCUT2D eigenvalue weighted by Crippen LogP contribution is 2.36. The van der Waals surface area contributed by atoms with Gasteiger partial charge in [-0.1, -0.05) is 54.6 Å². The van der Waals surface area contributed by atoms with Crippen molar-refractivity contribution >= 4 is 43.9 Å². The lowest BCUT2D eigenvalue weighted by atomic mass is 10.1. The Morgan fingerprint density at radius 3 is 2.29 bits per heavy atom. The van der Waals surface area contributed by atoms with Crippen LogP contribution in [0.3, 0.4) is 0 Å². The smallest absolute Gasteiger partial charge is 0.238 e. The molecule has 3 aromatic carbocycles. The van der Waals surface area contributed by atoms with Gasteiger partial charge in [0.25, 0.3) is 0 Å². The molecule has 0 saturated heterocycles. The Bertz CT molecular complexity index is 1290. The van der Waals surface area contributed by atoms with Gasteiger partial charge in [0.1, 0.15) is 0 Å². The van der Waals surface area contributed by atoms with Gasteiger partial charge in [-0.05, 0) is 30.2 Å². The van der Waals surface area contributed by atoms with Crippen molar-refractivity contribution in [2.75, 3.05) is 10.6 Å². The fourth-order valence-corrected chi connectivity index (χ4v) is 4.51. The number of aryl methyl sites for hydroxylation is 1. The zero-order valence-electron chi connectivity index (χ0n) is 15.7. The number of carbonyl (C=O) groups is 1. The first-order chi connectivity index (χ1) is 13.4. The fourth-order valence-electron chi connectivity index (χ4n) is 3.79. The van der Waals surface area contributed by atoms with Crippen molar-refractivity contribution in [1.29, 1.82) is 0 Å². The van der Waals surface area contributed by atoms with Crippen LogP contribution in [0.5, 0.6) is 0 Å². The summed E-state index contributed by atoms with van der Waals surface area (Å²) in [5.41, 5.74) is 4.27. The number of fused-ring (bicyclic) bond motifs is 3. The minimum absolute atomic E-state index is 0.355. The summed E-state index contributed by atoms with van der Waals surface area (Å²) < 4.78 is 27.2. The van der Waals surface area contributed by atoms with Crippen molar-refractivity contribution in [2.45, 2.75) is 13.5 Å². The Labute approximate surface area is 163 Å². The molecule has 0 fully saturated rings. The molecule has 0 aliphatic heterocycles. The number of rotatable bonds is 5. The van der Waals surface area contributed by atoms with Gasteiger partial charge in [0, 0.05) is 22.8 Å². The molecular weight excluding hydrogens is 372 g/mol. The molecule has 0 atom stereocenters. The average Bonchev–Trinajstić information content (AvgIpc) is 2.99. The quantitative estimate of drug-likeness (QED) is 0.481. The van der Waals surface area contributed by atoms with Gasteiger partial charge >= 0.3 is 0 Å². The standard InChI is InChI=1S/C22H20N2O3S/c1-16-20(24(15-25)28(2,26)27)13-12-19-18-10-6-7-11-21(18)23(22(16)19)14-17-8-4-3-5-9-17/h3-13,15H,14H2,1-2H3. The van der Waals surface area contributed by atoms with Gasteiger partial charge in [-0.15, -0.1) is 0 Å². The molecule has 0 aliphatic rings. The number of hydrogen-bond acceptors (Lipinski definition) is 3. The third-order valence-electron chi connectivity index (χ3n) is 5.03. The topological polar surface area (TPSA) is 59.4 Å². The van der Waals surface area contributed by atoms with E-state index in [0.717, 1.165) is 43.5 Å². The zero-order valence-corrected chi connectivity index (χ0v) is 16.5. The van der Waals surface area contributed by atoms with Gasteiger partial charge in [0.05, 0.1) is 17.5 Å². The van der Waals surface area contributed by atoms with Crippen LogP contribution in [0.2, 0.25) is 0 Å². The molecule has 0 unspecified atom stereocenters. The van der Waals surface area contributed by atoms with E-state index in [2.05, 4.69) is 28.8 Å². The molecule has 1 heterocycles. The molecule has 0 aliphatic carbocycles. The second kappa shape index (κ2) is 6.80. The number of sulfonamides is 1. The molecule has 4 aromatic rings. The van der Waals surface area contributed by atoms with Crippen LogP contribution in [0, 0.1) is 6.92 Å². The van der Waals surface area contributed by atoms with Crippen molar-refractivity contribution in [2.24, 2.45) is 0 Å². The normalized spacial score (nSPS) is 11.8. The van der Waals surface area contributed by atoms with E-state index in [9.17, 15) is 13.2 Å². The molecule has 142 valence electrons. The lowest BCUT2D eigenvalue weighted by Gasteiger charge is -2.19. The summed E-state index contributed by atoms with van der Waals surface area (Å²) in [6, 6.07) is 21.8. The van der Waals surface area contributed by atoms with Crippen LogP contribution in [0.15, 0.2) is 66.7 Å². The first kappa shape index (κ1) is 18.3. The summed E-state index contributed by atoms with van der Waals surface area (Å²) in [6.45, 7) is 2.51. The number of carbonyl (C=O) groups excluding carboxylic acids is 1. The number of hydrogen-bond donors (Lipinski definition) is 0. The summed E-state index contributed by atoms with van der Waals surface area (Å²) in [4.78, 5) is 11.5. The van der Waals surface area contributed by atoms with Crippen molar-refractivity contribution < 1.29 is 13.2 Å². The SMILES string of the molecule is Cc1c(N(C=O)S(C)(=O)=O)ccc2c3ccccc3n(Cc3ccccc3)c12. The van der Waals surface area contributed by atoms with E-state index in [4.69, 9.17) is 0 Å². The third-order valence-corrected chi connectivity index (χ3v) is 6.03. The highest BCUT2D eigenvalue weighted by atomic mass is 32.2. The van der Waals surface area contributed by atoms with Gasteiger partial charge in [0.15, 0.2) is 0 Å². The number of amides is 1. The summed E-state index contributed by atoms with van der Waals surface area (Å²) in [5, 5.41) is 2.13. The first-order valence-corrected chi connectivity index (χ1v) is 10.8. The van der Waals surface area contributed by atoms with Gasteiger partial charge in [-0.3, -0.25) is 4.79 Å². The third kappa shape index (κ3) is 2.96. The van der Waals surface area contributed by atoms with Crippen LogP contribution in [-0.2, 0) is 21.4 Å². The predicted octanol–water partition coefficient (Wildman–Crippen LogP) is 4.07. The fraction of sp³-hybridized carbons (Fsp3) is 0.136. The minimum Gasteiger partial charge on any atom is -0.336 e. The molecule has 5 nitrogen and oxygen atoms in total. The first-order valence-electron chi connectivity index (χ1n) is 8.91. The van der Waals surface area contributed by atoms with Crippen LogP contribution in [0.4, 0.5) is 5.69 Å². The Balaban J connectivity index is 2.05. The number of nitrogens with zero attached hydrogens (tertiary/aromatic N) is 2. The monoisotopic (exact) mass is 392 g/mol. The molecule has 28 heavy (non-hydrogen) atoms. The Hall–Kier alpha value is -3.12. The van der Waals surface area contributed by atoms with Crippen LogP contribution < -0.4 is 4.31 Å². The van der Waals surface area contributed by atoms with Gasteiger partial charge in [-0.2, -0.15) is 0 Å². The molecule has 6 heteroatoms. The number of benzene rings is 3. The average molecular weight is 392 g/mol. The minimum atomic E-state index is -3.70. The molecule has 4 rings (SSSR count). The van der Waals surface area contributed by atoms with Gasteiger partial charge < -0.3 is 4.57 Å². The van der Waals surface area contributed by atoms with E-state index < -0.39 is 10.0 Å². The second-order valence-electron chi connectivity index (χ2n) is 6.86. The lowest BCUT2D eigenvalue weighted by molar-refractivity contribution is -0.106. The van der Waals surface area contributed by atoms with Crippen molar-refractivity contribution in [3.8, 4) is 0 Å². The lowest BCUT2D eigenvalue weighted by Crippen LogP contribution is -2.28. The summed E-state index contributed by atoms with van der Waals surface area (Å²) in [6.07, 6.45) is 1.39. The molecule has 1 amide bonds. The summed E-state index contributed by atoms with van der Waals surface area (Å²) in [5.74, 6) is 0. The van der Waals surface area contributed by atoms with Crippen LogP contribution in [0.1, 0.15) is 11.1 Å². The van der Waals surface area contributed by atoms with E-state index in [0.29, 0.717) is 18.6 Å². The maximum absolute atomic E-state index is 12.1. The Morgan fingerprint density at radius 1 is 0.929 bits per heavy atom. The largest absolute Gasteiger partial charge is 0.336 e. The molecule has 0 N–H and O–H groups in total. The van der Waals surface area contributed by atoms with Crippen molar-refractivity contribution in [3.63, 3.8) is 0 Å². The molecule has 1 aromatic heterocycles. The summed E-state index contributed by atoms with van der Waals surface area (Å²) in [7, 11) is -3.70. The van der Waals surface area contributed by atoms with Crippen molar-refractivity contribution in [3.05, 3.63) is 77.9 Å². The zero-order chi connectivity index (χ0) is 19.9. The Kier molecular flexibility index (Phi) is 4.43. The number of anilines is 1. The molecule has 0 saturated carbocycles. The number of para-hydroxylation sites is 1. The second-order valence-corrected chi connectivity index (χ2v) is 8.72. The maximum Gasteiger partial charge on any atom is 0.238 e. The van der Waals surface area contributed by atoms with E-state index in [1.165, 1.54) is 0 Å². The summed E-state index contributed by atoms with van der Waals surface area (Å²) >= 11 is 0. The molecule has 0 bridgehead atoms. The molecular formula is C22H20N2O3S. The van der Waals surface area contributed by atoms with Crippen LogP contribution >= 0.6 is 0 Å². The van der Waals surface area contributed by atoms with Gasteiger partial charge in [-0.25, -0.2) is 12.7 Å². The van der Waals surface area contributed by atoms with Crippen molar-refractivity contribution in [1.82, 2.24) is 4.57 Å². The molecule has 0 spiro atoms. The van der Waals surface area contributed by atoms with Crippen LogP contribution in [0.25, 0.3) is 21.8 Å². The highest BCUT2D eigenvalue weighted by molar-refractivity contribution is 7.92. The molecule has 0 radical (unpaired) electrons. The Morgan fingerprint density at radius 2 is 1.61 bits per heavy atom. The number of aromatic nitrogens is 1. The predicted molar refractivity (Wildman–Crippen MR) is 113 cm³/mol. The van der Waals surface area contributed by atoms with E-state index in [1.807, 2.05) is 43.3 Å². The highest BCUT2D eigenvalue weighted by Gasteiger charge is 2.22.